The van der Waals surface area contributed by atoms with Gasteiger partial charge in [-0.3, -0.25) is 0 Å². The highest BCUT2D eigenvalue weighted by atomic mass is 32.2. The molecule has 0 saturated heterocycles. The first-order chi connectivity index (χ1) is 9.48. The average Bonchev–Trinajstić information content (AvgIpc) is 2.43. The summed E-state index contributed by atoms with van der Waals surface area (Å²) in [5.41, 5.74) is 0.891. The van der Waals surface area contributed by atoms with Crippen molar-refractivity contribution >= 4 is 15.7 Å². The molecule has 1 rings (SSSR count). The summed E-state index contributed by atoms with van der Waals surface area (Å²) in [6, 6.07) is 6.75. The van der Waals surface area contributed by atoms with Crippen LogP contribution < -0.4 is 5.32 Å². The van der Waals surface area contributed by atoms with Crippen molar-refractivity contribution in [3.63, 3.8) is 0 Å². The van der Waals surface area contributed by atoms with Crippen molar-refractivity contribution in [3.8, 4) is 0 Å². The van der Waals surface area contributed by atoms with Gasteiger partial charge >= 0.3 is 0 Å². The zero-order valence-corrected chi connectivity index (χ0v) is 13.2. The van der Waals surface area contributed by atoms with Crippen molar-refractivity contribution in [1.82, 2.24) is 4.31 Å². The number of nitrogens with one attached hydrogen (secondary N) is 1. The molecule has 0 aromatic heterocycles. The Labute approximate surface area is 122 Å². The van der Waals surface area contributed by atoms with Gasteiger partial charge in [0.2, 0.25) is 10.0 Å². The third kappa shape index (κ3) is 5.11. The maximum Gasteiger partial charge on any atom is 0.242 e. The lowest BCUT2D eigenvalue weighted by molar-refractivity contribution is 0.141. The van der Waals surface area contributed by atoms with Crippen LogP contribution in [-0.4, -0.2) is 46.6 Å². The normalized spacial score (nSPS) is 11.8. The second kappa shape index (κ2) is 8.24. The molecule has 1 aromatic carbocycles. The molecule has 0 atom stereocenters. The first-order valence-corrected chi connectivity index (χ1v) is 8.26. The van der Waals surface area contributed by atoms with Gasteiger partial charge < -0.3 is 10.1 Å². The van der Waals surface area contributed by atoms with Crippen molar-refractivity contribution in [3.05, 3.63) is 24.3 Å². The minimum atomic E-state index is -3.35. The molecule has 1 N–H and O–H groups in total. The van der Waals surface area contributed by atoms with E-state index >= 15 is 0 Å². The minimum Gasteiger partial charge on any atom is -0.383 e. The fourth-order valence-corrected chi connectivity index (χ4v) is 2.47. The fraction of sp³-hybridized carbons (Fsp3) is 0.571. The van der Waals surface area contributed by atoms with Gasteiger partial charge in [0.15, 0.2) is 0 Å². The average molecular weight is 300 g/mol. The lowest BCUT2D eigenvalue weighted by Gasteiger charge is -2.12. The van der Waals surface area contributed by atoms with E-state index in [1.807, 2.05) is 0 Å². The molecule has 0 amide bonds. The Morgan fingerprint density at radius 3 is 2.35 bits per heavy atom. The van der Waals surface area contributed by atoms with Crippen LogP contribution in [-0.2, 0) is 14.8 Å². The molecular formula is C14H24N2O3S. The molecule has 0 radical (unpaired) electrons. The number of sulfonamides is 1. The third-order valence-corrected chi connectivity index (χ3v) is 4.68. The van der Waals surface area contributed by atoms with Crippen LogP contribution in [0.2, 0.25) is 0 Å². The molecule has 0 bridgehead atoms. The Bertz CT molecular complexity index is 484. The number of rotatable bonds is 9. The van der Waals surface area contributed by atoms with Crippen LogP contribution in [0.3, 0.4) is 0 Å². The van der Waals surface area contributed by atoms with Gasteiger partial charge in [-0.2, -0.15) is 0 Å². The number of hydrogen-bond acceptors (Lipinski definition) is 4. The standard InChI is InChI=1S/C14H24N2O3S/c1-4-5-11-19-12-10-15-13-6-8-14(9-7-13)20(17,18)16(2)3/h6-9,15H,4-5,10-12H2,1-3H3. The number of ether oxygens (including phenoxy) is 1. The quantitative estimate of drug-likeness (QED) is 0.710. The Kier molecular flexibility index (Phi) is 6.98. The van der Waals surface area contributed by atoms with Crippen molar-refractivity contribution in [2.45, 2.75) is 24.7 Å². The van der Waals surface area contributed by atoms with Crippen molar-refractivity contribution in [1.29, 1.82) is 0 Å². The van der Waals surface area contributed by atoms with Gasteiger partial charge in [-0.15, -0.1) is 0 Å². The zero-order chi connectivity index (χ0) is 15.0. The van der Waals surface area contributed by atoms with E-state index in [0.29, 0.717) is 18.0 Å². The molecule has 0 fully saturated rings. The summed E-state index contributed by atoms with van der Waals surface area (Å²) in [7, 11) is -0.302. The monoisotopic (exact) mass is 300 g/mol. The van der Waals surface area contributed by atoms with E-state index in [9.17, 15) is 8.42 Å². The van der Waals surface area contributed by atoms with Gasteiger partial charge in [-0.25, -0.2) is 12.7 Å². The lowest BCUT2D eigenvalue weighted by atomic mass is 10.3. The molecule has 0 aliphatic carbocycles. The van der Waals surface area contributed by atoms with E-state index in [1.165, 1.54) is 18.4 Å². The SMILES string of the molecule is CCCCOCCNc1ccc(S(=O)(=O)N(C)C)cc1. The molecule has 0 heterocycles. The number of benzene rings is 1. The predicted molar refractivity (Wildman–Crippen MR) is 81.5 cm³/mol. The lowest BCUT2D eigenvalue weighted by Crippen LogP contribution is -2.22. The first kappa shape index (κ1) is 16.9. The minimum absolute atomic E-state index is 0.298. The van der Waals surface area contributed by atoms with E-state index < -0.39 is 10.0 Å². The molecule has 20 heavy (non-hydrogen) atoms. The largest absolute Gasteiger partial charge is 0.383 e. The van der Waals surface area contributed by atoms with Gasteiger partial charge in [0.05, 0.1) is 11.5 Å². The van der Waals surface area contributed by atoms with Crippen LogP contribution in [0.5, 0.6) is 0 Å². The molecule has 1 aromatic rings. The van der Waals surface area contributed by atoms with E-state index in [-0.39, 0.29) is 0 Å². The molecule has 0 unspecified atom stereocenters. The summed E-state index contributed by atoms with van der Waals surface area (Å²) in [4.78, 5) is 0.298. The Morgan fingerprint density at radius 1 is 1.15 bits per heavy atom. The predicted octanol–water partition coefficient (Wildman–Crippen LogP) is 2.17. The van der Waals surface area contributed by atoms with Crippen LogP contribution in [0.25, 0.3) is 0 Å². The van der Waals surface area contributed by atoms with Crippen molar-refractivity contribution in [2.75, 3.05) is 39.2 Å². The summed E-state index contributed by atoms with van der Waals surface area (Å²) in [6.45, 7) is 4.28. The van der Waals surface area contributed by atoms with E-state index in [1.54, 1.807) is 24.3 Å². The number of anilines is 1. The molecule has 0 saturated carbocycles. The van der Waals surface area contributed by atoms with E-state index in [2.05, 4.69) is 12.2 Å². The number of nitrogens with zero attached hydrogens (tertiary/aromatic N) is 1. The van der Waals surface area contributed by atoms with Gasteiger partial charge in [-0.1, -0.05) is 13.3 Å². The molecule has 114 valence electrons. The van der Waals surface area contributed by atoms with Crippen LogP contribution in [0.1, 0.15) is 19.8 Å². The molecular weight excluding hydrogens is 276 g/mol. The molecule has 0 aliphatic heterocycles. The van der Waals surface area contributed by atoms with Gasteiger partial charge in [0, 0.05) is 32.9 Å². The number of hydrogen-bond donors (Lipinski definition) is 1. The van der Waals surface area contributed by atoms with Crippen LogP contribution in [0.15, 0.2) is 29.2 Å². The molecule has 6 heteroatoms. The zero-order valence-electron chi connectivity index (χ0n) is 12.4. The van der Waals surface area contributed by atoms with Gasteiger partial charge in [0.1, 0.15) is 0 Å². The highest BCUT2D eigenvalue weighted by Crippen LogP contribution is 2.16. The van der Waals surface area contributed by atoms with E-state index in [4.69, 9.17) is 4.74 Å². The van der Waals surface area contributed by atoms with Gasteiger partial charge in [0.25, 0.3) is 0 Å². The van der Waals surface area contributed by atoms with Crippen LogP contribution >= 0.6 is 0 Å². The first-order valence-electron chi connectivity index (χ1n) is 6.82. The maximum atomic E-state index is 11.9. The second-order valence-electron chi connectivity index (χ2n) is 4.70. The topological polar surface area (TPSA) is 58.6 Å². The van der Waals surface area contributed by atoms with Crippen molar-refractivity contribution in [2.24, 2.45) is 0 Å². The fourth-order valence-electron chi connectivity index (χ4n) is 1.57. The van der Waals surface area contributed by atoms with Crippen LogP contribution in [0.4, 0.5) is 5.69 Å². The smallest absolute Gasteiger partial charge is 0.242 e. The van der Waals surface area contributed by atoms with Crippen LogP contribution in [0, 0.1) is 0 Å². The third-order valence-electron chi connectivity index (χ3n) is 2.85. The van der Waals surface area contributed by atoms with Crippen molar-refractivity contribution < 1.29 is 13.2 Å². The molecule has 0 aliphatic rings. The molecule has 5 nitrogen and oxygen atoms in total. The summed E-state index contributed by atoms with van der Waals surface area (Å²) in [6.07, 6.45) is 2.21. The molecule has 0 spiro atoms. The Balaban J connectivity index is 2.44. The Hall–Kier alpha value is -1.11. The summed E-state index contributed by atoms with van der Waals surface area (Å²) < 4.78 is 30.4. The summed E-state index contributed by atoms with van der Waals surface area (Å²) in [5.74, 6) is 0. The second-order valence-corrected chi connectivity index (χ2v) is 6.86. The highest BCUT2D eigenvalue weighted by Gasteiger charge is 2.16. The Morgan fingerprint density at radius 2 is 1.80 bits per heavy atom. The highest BCUT2D eigenvalue weighted by molar-refractivity contribution is 7.89. The number of unbranched alkanes of at least 4 members (excludes halogenated alkanes) is 1. The van der Waals surface area contributed by atoms with E-state index in [0.717, 1.165) is 25.1 Å². The summed E-state index contributed by atoms with van der Waals surface area (Å²) >= 11 is 0. The van der Waals surface area contributed by atoms with Gasteiger partial charge in [-0.05, 0) is 30.7 Å². The maximum absolute atomic E-state index is 11.9. The summed E-state index contributed by atoms with van der Waals surface area (Å²) in [5, 5.41) is 3.20.